The number of hydrogen-bond donors (Lipinski definition) is 2. The van der Waals surface area contributed by atoms with Crippen LogP contribution in [0.2, 0.25) is 0 Å². The van der Waals surface area contributed by atoms with E-state index >= 15 is 0 Å². The third-order valence-corrected chi connectivity index (χ3v) is 6.61. The van der Waals surface area contributed by atoms with E-state index in [-0.39, 0.29) is 17.3 Å². The van der Waals surface area contributed by atoms with Gasteiger partial charge in [0.05, 0.1) is 19.3 Å². The summed E-state index contributed by atoms with van der Waals surface area (Å²) in [7, 11) is 0. The van der Waals surface area contributed by atoms with E-state index in [0.29, 0.717) is 36.7 Å². The number of phenols is 1. The third-order valence-electron chi connectivity index (χ3n) is 6.61. The molecule has 2 aliphatic carbocycles. The zero-order valence-electron chi connectivity index (χ0n) is 13.9. The van der Waals surface area contributed by atoms with Crippen LogP contribution in [0, 0.1) is 17.3 Å². The van der Waals surface area contributed by atoms with Crippen molar-refractivity contribution >= 4 is 0 Å². The number of rotatable bonds is 2. The summed E-state index contributed by atoms with van der Waals surface area (Å²) in [6.45, 7) is 5.40. The molecule has 1 aromatic rings. The van der Waals surface area contributed by atoms with Gasteiger partial charge in [0.25, 0.3) is 0 Å². The lowest BCUT2D eigenvalue weighted by Crippen LogP contribution is -2.45. The largest absolute Gasteiger partial charge is 0.504 e. The predicted molar refractivity (Wildman–Crippen MR) is 87.1 cm³/mol. The van der Waals surface area contributed by atoms with Crippen LogP contribution in [0.5, 0.6) is 17.2 Å². The average molecular weight is 318 g/mol. The fourth-order valence-electron chi connectivity index (χ4n) is 5.32. The molecular formula is C19H26O4. The van der Waals surface area contributed by atoms with Gasteiger partial charge in [-0.25, -0.2) is 0 Å². The Hall–Kier alpha value is -1.42. The molecule has 1 aromatic carbocycles. The number of aliphatic hydroxyl groups is 1. The van der Waals surface area contributed by atoms with Crippen LogP contribution in [0.4, 0.5) is 0 Å². The molecule has 2 saturated carbocycles. The molecule has 1 aliphatic heterocycles. The van der Waals surface area contributed by atoms with Crippen molar-refractivity contribution in [1.29, 1.82) is 0 Å². The first-order valence-electron chi connectivity index (χ1n) is 8.85. The highest BCUT2D eigenvalue weighted by Gasteiger charge is 2.55. The lowest BCUT2D eigenvalue weighted by Gasteiger charge is -2.49. The summed E-state index contributed by atoms with van der Waals surface area (Å²) in [6, 6.07) is 3.67. The molecule has 0 aromatic heterocycles. The van der Waals surface area contributed by atoms with Crippen molar-refractivity contribution in [3.63, 3.8) is 0 Å². The van der Waals surface area contributed by atoms with Crippen molar-refractivity contribution in [3.05, 3.63) is 17.7 Å². The summed E-state index contributed by atoms with van der Waals surface area (Å²) in [5.41, 5.74) is 1.22. The number of benzene rings is 1. The molecule has 3 aliphatic rings. The van der Waals surface area contributed by atoms with E-state index < -0.39 is 0 Å². The fourth-order valence-corrected chi connectivity index (χ4v) is 5.32. The minimum atomic E-state index is -0.173. The second-order valence-corrected chi connectivity index (χ2v) is 7.62. The molecule has 0 amide bonds. The highest BCUT2D eigenvalue weighted by Crippen LogP contribution is 2.60. The quantitative estimate of drug-likeness (QED) is 0.877. The molecule has 0 unspecified atom stereocenters. The van der Waals surface area contributed by atoms with E-state index in [1.165, 1.54) is 5.56 Å². The smallest absolute Gasteiger partial charge is 0.161 e. The number of aliphatic hydroxyl groups excluding tert-OH is 1. The van der Waals surface area contributed by atoms with Gasteiger partial charge in [-0.1, -0.05) is 6.92 Å². The van der Waals surface area contributed by atoms with Gasteiger partial charge in [-0.05, 0) is 55.9 Å². The molecule has 23 heavy (non-hydrogen) atoms. The average Bonchev–Trinajstić information content (AvgIpc) is 2.84. The Morgan fingerprint density at radius 1 is 1.30 bits per heavy atom. The maximum atomic E-state index is 10.4. The summed E-state index contributed by atoms with van der Waals surface area (Å²) >= 11 is 0. The molecule has 4 rings (SSSR count). The molecule has 0 saturated heterocycles. The third kappa shape index (κ3) is 2.14. The zero-order chi connectivity index (χ0) is 16.2. The van der Waals surface area contributed by atoms with Crippen molar-refractivity contribution < 1.29 is 19.7 Å². The first-order valence-corrected chi connectivity index (χ1v) is 8.85. The molecule has 126 valence electrons. The Bertz CT molecular complexity index is 614. The van der Waals surface area contributed by atoms with Gasteiger partial charge in [0, 0.05) is 17.5 Å². The molecule has 0 spiro atoms. The molecule has 2 N–H and O–H groups in total. The standard InChI is InChI=1S/C19H26O4/c1-3-22-17-8-12-11-6-7-19(2)14(4-5-18(19)21)13(11)10-23-16(12)9-15(17)20/h8-9,11,13-14,18,20-21H,3-7,10H2,1-2H3/t11-,13-,14+,18+,19+/m1/s1. The highest BCUT2D eigenvalue weighted by atomic mass is 16.5. The van der Waals surface area contributed by atoms with Gasteiger partial charge in [0.15, 0.2) is 11.5 Å². The Kier molecular flexibility index (Phi) is 3.49. The van der Waals surface area contributed by atoms with Gasteiger partial charge < -0.3 is 19.7 Å². The van der Waals surface area contributed by atoms with Gasteiger partial charge in [0.1, 0.15) is 5.75 Å². The molecule has 0 bridgehead atoms. The van der Waals surface area contributed by atoms with E-state index in [1.54, 1.807) is 6.07 Å². The van der Waals surface area contributed by atoms with Crippen LogP contribution in [0.3, 0.4) is 0 Å². The fraction of sp³-hybridized carbons (Fsp3) is 0.684. The van der Waals surface area contributed by atoms with Gasteiger partial charge in [0.2, 0.25) is 0 Å². The number of fused-ring (bicyclic) bond motifs is 5. The maximum Gasteiger partial charge on any atom is 0.161 e. The summed E-state index contributed by atoms with van der Waals surface area (Å²) in [5, 5.41) is 20.5. The first-order chi connectivity index (χ1) is 11.0. The Morgan fingerprint density at radius 2 is 2.13 bits per heavy atom. The van der Waals surface area contributed by atoms with Crippen molar-refractivity contribution in [2.75, 3.05) is 13.2 Å². The second-order valence-electron chi connectivity index (χ2n) is 7.62. The van der Waals surface area contributed by atoms with Crippen LogP contribution in [-0.2, 0) is 0 Å². The van der Waals surface area contributed by atoms with Crippen molar-refractivity contribution in [2.24, 2.45) is 17.3 Å². The zero-order valence-corrected chi connectivity index (χ0v) is 13.9. The molecule has 2 fully saturated rings. The van der Waals surface area contributed by atoms with Crippen LogP contribution in [0.15, 0.2) is 12.1 Å². The summed E-state index contributed by atoms with van der Waals surface area (Å²) in [5.74, 6) is 2.93. The van der Waals surface area contributed by atoms with E-state index in [9.17, 15) is 10.2 Å². The topological polar surface area (TPSA) is 58.9 Å². The van der Waals surface area contributed by atoms with Crippen molar-refractivity contribution in [3.8, 4) is 17.2 Å². The number of hydrogen-bond acceptors (Lipinski definition) is 4. The lowest BCUT2D eigenvalue weighted by molar-refractivity contribution is -0.0357. The van der Waals surface area contributed by atoms with Crippen LogP contribution < -0.4 is 9.47 Å². The van der Waals surface area contributed by atoms with Gasteiger partial charge in [-0.15, -0.1) is 0 Å². The van der Waals surface area contributed by atoms with Crippen molar-refractivity contribution in [2.45, 2.75) is 51.6 Å². The summed E-state index contributed by atoms with van der Waals surface area (Å²) < 4.78 is 11.6. The van der Waals surface area contributed by atoms with Gasteiger partial charge in [-0.3, -0.25) is 0 Å². The summed E-state index contributed by atoms with van der Waals surface area (Å²) in [4.78, 5) is 0. The highest BCUT2D eigenvalue weighted by molar-refractivity contribution is 5.52. The van der Waals surface area contributed by atoms with Crippen LogP contribution in [0.1, 0.15) is 51.0 Å². The number of aromatic hydroxyl groups is 1. The van der Waals surface area contributed by atoms with E-state index in [1.807, 2.05) is 13.0 Å². The van der Waals surface area contributed by atoms with Crippen LogP contribution >= 0.6 is 0 Å². The van der Waals surface area contributed by atoms with E-state index in [4.69, 9.17) is 9.47 Å². The number of ether oxygens (including phenoxy) is 2. The van der Waals surface area contributed by atoms with Crippen LogP contribution in [-0.4, -0.2) is 29.5 Å². The van der Waals surface area contributed by atoms with E-state index in [2.05, 4.69) is 6.92 Å². The lowest BCUT2D eigenvalue weighted by atomic mass is 9.58. The molecule has 1 heterocycles. The molecular weight excluding hydrogens is 292 g/mol. The van der Waals surface area contributed by atoms with Gasteiger partial charge in [-0.2, -0.15) is 0 Å². The molecule has 5 atom stereocenters. The SMILES string of the molecule is CCOc1cc2c(cc1O)OC[C@@H]1[C@@H]2CC[C@]2(C)[C@@H](O)CC[C@@H]12. The van der Waals surface area contributed by atoms with Crippen LogP contribution in [0.25, 0.3) is 0 Å². The molecule has 4 nitrogen and oxygen atoms in total. The Morgan fingerprint density at radius 3 is 2.91 bits per heavy atom. The second kappa shape index (κ2) is 5.30. The monoisotopic (exact) mass is 318 g/mol. The molecule has 0 radical (unpaired) electrons. The Balaban J connectivity index is 1.70. The van der Waals surface area contributed by atoms with E-state index in [0.717, 1.165) is 31.4 Å². The minimum absolute atomic E-state index is 0.0434. The maximum absolute atomic E-state index is 10.4. The minimum Gasteiger partial charge on any atom is -0.504 e. The first kappa shape index (κ1) is 15.1. The van der Waals surface area contributed by atoms with Crippen molar-refractivity contribution in [1.82, 2.24) is 0 Å². The molecule has 4 heteroatoms. The summed E-state index contributed by atoms with van der Waals surface area (Å²) in [6.07, 6.45) is 3.96. The number of phenolic OH excluding ortho intramolecular Hbond substituents is 1. The predicted octanol–water partition coefficient (Wildman–Crippen LogP) is 3.45. The van der Waals surface area contributed by atoms with Gasteiger partial charge >= 0.3 is 0 Å². The Labute approximate surface area is 137 Å². The normalized spacial score (nSPS) is 38.2.